The Balaban J connectivity index is 2.30. The van der Waals surface area contributed by atoms with Crippen molar-refractivity contribution in [3.8, 4) is 0 Å². The van der Waals surface area contributed by atoms with Gasteiger partial charge in [0.15, 0.2) is 0 Å². The number of rotatable bonds is 3. The van der Waals surface area contributed by atoms with Gasteiger partial charge in [0.25, 0.3) is 0 Å². The van der Waals surface area contributed by atoms with Gasteiger partial charge >= 0.3 is 0 Å². The van der Waals surface area contributed by atoms with E-state index in [1.54, 1.807) is 30.3 Å². The molecule has 2 N–H and O–H groups in total. The first-order valence-corrected chi connectivity index (χ1v) is 6.29. The second-order valence-corrected chi connectivity index (χ2v) is 4.67. The van der Waals surface area contributed by atoms with Crippen molar-refractivity contribution in [3.05, 3.63) is 70.2 Å². The topological polar surface area (TPSA) is 43.1 Å². The van der Waals surface area contributed by atoms with E-state index >= 15 is 0 Å². The van der Waals surface area contributed by atoms with Crippen LogP contribution in [0.15, 0.2) is 59.1 Å². The Labute approximate surface area is 114 Å². The van der Waals surface area contributed by atoms with E-state index in [1.807, 2.05) is 30.3 Å². The van der Waals surface area contributed by atoms with Gasteiger partial charge in [-0.2, -0.15) is 0 Å². The Bertz CT molecular complexity index is 590. The van der Waals surface area contributed by atoms with E-state index < -0.39 is 0 Å². The van der Waals surface area contributed by atoms with Gasteiger partial charge in [0.1, 0.15) is 0 Å². The van der Waals surface area contributed by atoms with Crippen molar-refractivity contribution >= 4 is 33.5 Å². The van der Waals surface area contributed by atoms with Gasteiger partial charge in [0, 0.05) is 11.3 Å². The monoisotopic (exact) mass is 301 g/mol. The molecule has 0 unspecified atom stereocenters. The van der Waals surface area contributed by atoms with Crippen LogP contribution in [0.5, 0.6) is 0 Å². The first-order valence-electron chi connectivity index (χ1n) is 5.50. The zero-order valence-corrected chi connectivity index (χ0v) is 11.2. The van der Waals surface area contributed by atoms with E-state index in [0.717, 1.165) is 5.56 Å². The summed E-state index contributed by atoms with van der Waals surface area (Å²) in [6, 6.07) is 16.7. The molecule has 18 heavy (non-hydrogen) atoms. The first-order chi connectivity index (χ1) is 8.68. The second kappa shape index (κ2) is 5.65. The molecule has 2 aromatic rings. The van der Waals surface area contributed by atoms with Gasteiger partial charge in [0.05, 0.1) is 4.48 Å². The summed E-state index contributed by atoms with van der Waals surface area (Å²) in [5, 5.41) is 0. The molecule has 0 atom stereocenters. The van der Waals surface area contributed by atoms with Crippen LogP contribution in [0.2, 0.25) is 0 Å². The van der Waals surface area contributed by atoms with Crippen LogP contribution in [0.3, 0.4) is 0 Å². The zero-order valence-electron chi connectivity index (χ0n) is 9.64. The molecule has 0 aliphatic rings. The molecule has 2 rings (SSSR count). The Morgan fingerprint density at radius 2 is 1.61 bits per heavy atom. The molecular weight excluding hydrogens is 290 g/mol. The molecule has 90 valence electrons. The van der Waals surface area contributed by atoms with Crippen molar-refractivity contribution in [2.45, 2.75) is 0 Å². The fraction of sp³-hybridized carbons (Fsp3) is 0. The Morgan fingerprint density at radius 1 is 1.00 bits per heavy atom. The van der Waals surface area contributed by atoms with Crippen LogP contribution in [-0.4, -0.2) is 5.78 Å². The summed E-state index contributed by atoms with van der Waals surface area (Å²) in [5.74, 6) is -0.114. The van der Waals surface area contributed by atoms with Crippen molar-refractivity contribution < 1.29 is 4.79 Å². The lowest BCUT2D eigenvalue weighted by Gasteiger charge is -2.03. The van der Waals surface area contributed by atoms with Crippen LogP contribution in [0.4, 0.5) is 5.69 Å². The fourth-order valence-electron chi connectivity index (χ4n) is 1.59. The summed E-state index contributed by atoms with van der Waals surface area (Å²) in [4.78, 5) is 12.2. The van der Waals surface area contributed by atoms with Crippen LogP contribution >= 0.6 is 15.9 Å². The number of anilines is 1. The van der Waals surface area contributed by atoms with Crippen LogP contribution in [0.1, 0.15) is 15.9 Å². The molecule has 0 aliphatic heterocycles. The number of carbonyl (C=O) groups excluding carboxylic acids is 1. The minimum atomic E-state index is -0.114. The van der Waals surface area contributed by atoms with Crippen LogP contribution < -0.4 is 5.73 Å². The lowest BCUT2D eigenvalue weighted by molar-refractivity contribution is 0.104. The molecular formula is C15H12BrNO. The standard InChI is InChI=1S/C15H12BrNO/c16-13(10-11-6-2-1-3-7-11)15(18)12-8-4-5-9-14(12)17/h1-10H,17H2/b13-10-. The quantitative estimate of drug-likeness (QED) is 0.531. The highest BCUT2D eigenvalue weighted by molar-refractivity contribution is 9.12. The number of hydrogen-bond acceptors (Lipinski definition) is 2. The van der Waals surface area contributed by atoms with Gasteiger partial charge < -0.3 is 5.73 Å². The minimum Gasteiger partial charge on any atom is -0.398 e. The van der Waals surface area contributed by atoms with E-state index in [0.29, 0.717) is 15.7 Å². The average Bonchev–Trinajstić information content (AvgIpc) is 2.39. The van der Waals surface area contributed by atoms with Gasteiger partial charge in [-0.05, 0) is 39.7 Å². The van der Waals surface area contributed by atoms with Crippen molar-refractivity contribution in [2.24, 2.45) is 0 Å². The fourth-order valence-corrected chi connectivity index (χ4v) is 2.07. The van der Waals surface area contributed by atoms with Crippen LogP contribution in [-0.2, 0) is 0 Å². The molecule has 0 spiro atoms. The molecule has 2 nitrogen and oxygen atoms in total. The van der Waals surface area contributed by atoms with Gasteiger partial charge in [-0.15, -0.1) is 0 Å². The number of nitrogens with two attached hydrogens (primary N) is 1. The molecule has 0 amide bonds. The normalized spacial score (nSPS) is 11.3. The van der Waals surface area contributed by atoms with Crippen molar-refractivity contribution in [1.82, 2.24) is 0 Å². The number of Topliss-reactive ketones (excluding diaryl/α,β-unsaturated/α-hetero) is 1. The van der Waals surface area contributed by atoms with E-state index in [4.69, 9.17) is 5.73 Å². The second-order valence-electron chi connectivity index (χ2n) is 3.82. The van der Waals surface area contributed by atoms with Crippen LogP contribution in [0.25, 0.3) is 6.08 Å². The number of allylic oxidation sites excluding steroid dienone is 1. The molecule has 0 saturated heterocycles. The third kappa shape index (κ3) is 2.87. The largest absolute Gasteiger partial charge is 0.398 e. The van der Waals surface area contributed by atoms with Crippen molar-refractivity contribution in [2.75, 3.05) is 5.73 Å². The molecule has 0 aromatic heterocycles. The maximum atomic E-state index is 12.2. The maximum Gasteiger partial charge on any atom is 0.202 e. The summed E-state index contributed by atoms with van der Waals surface area (Å²) in [6.45, 7) is 0. The Morgan fingerprint density at radius 3 is 2.28 bits per heavy atom. The SMILES string of the molecule is Nc1ccccc1C(=O)/C(Br)=C/c1ccccc1. The van der Waals surface area contributed by atoms with Gasteiger partial charge in [-0.3, -0.25) is 4.79 Å². The van der Waals surface area contributed by atoms with Gasteiger partial charge in [-0.1, -0.05) is 42.5 Å². The van der Waals surface area contributed by atoms with E-state index in [2.05, 4.69) is 15.9 Å². The first kappa shape index (κ1) is 12.6. The third-order valence-corrected chi connectivity index (χ3v) is 3.10. The smallest absolute Gasteiger partial charge is 0.202 e. The highest BCUT2D eigenvalue weighted by Crippen LogP contribution is 2.21. The highest BCUT2D eigenvalue weighted by atomic mass is 79.9. The third-order valence-electron chi connectivity index (χ3n) is 2.52. The number of halogens is 1. The summed E-state index contributed by atoms with van der Waals surface area (Å²) < 4.78 is 0.492. The zero-order chi connectivity index (χ0) is 13.0. The van der Waals surface area contributed by atoms with E-state index in [-0.39, 0.29) is 5.78 Å². The summed E-state index contributed by atoms with van der Waals surface area (Å²) >= 11 is 3.31. The van der Waals surface area contributed by atoms with Gasteiger partial charge in [-0.25, -0.2) is 0 Å². The summed E-state index contributed by atoms with van der Waals surface area (Å²) in [5.41, 5.74) is 7.75. The number of ketones is 1. The molecule has 0 saturated carbocycles. The molecule has 0 bridgehead atoms. The number of carbonyl (C=O) groups is 1. The van der Waals surface area contributed by atoms with E-state index in [1.165, 1.54) is 0 Å². The van der Waals surface area contributed by atoms with Crippen LogP contribution in [0, 0.1) is 0 Å². The predicted octanol–water partition coefficient (Wildman–Crippen LogP) is 3.89. The number of benzene rings is 2. The minimum absolute atomic E-state index is 0.114. The average molecular weight is 302 g/mol. The van der Waals surface area contributed by atoms with Gasteiger partial charge in [0.2, 0.25) is 5.78 Å². The Kier molecular flexibility index (Phi) is 3.95. The molecule has 0 heterocycles. The number of hydrogen-bond donors (Lipinski definition) is 1. The lowest BCUT2D eigenvalue weighted by Crippen LogP contribution is -2.03. The summed E-state index contributed by atoms with van der Waals surface area (Å²) in [7, 11) is 0. The Hall–Kier alpha value is -1.87. The number of para-hydroxylation sites is 1. The van der Waals surface area contributed by atoms with E-state index in [9.17, 15) is 4.79 Å². The molecule has 3 heteroatoms. The summed E-state index contributed by atoms with van der Waals surface area (Å²) in [6.07, 6.45) is 1.79. The molecule has 0 radical (unpaired) electrons. The van der Waals surface area contributed by atoms with Crippen molar-refractivity contribution in [3.63, 3.8) is 0 Å². The predicted molar refractivity (Wildman–Crippen MR) is 78.5 cm³/mol. The lowest BCUT2D eigenvalue weighted by atomic mass is 10.1. The highest BCUT2D eigenvalue weighted by Gasteiger charge is 2.12. The number of nitrogen functional groups attached to an aromatic ring is 1. The molecule has 0 fully saturated rings. The van der Waals surface area contributed by atoms with Crippen molar-refractivity contribution in [1.29, 1.82) is 0 Å². The molecule has 0 aliphatic carbocycles. The maximum absolute atomic E-state index is 12.2. The molecule has 2 aromatic carbocycles.